The minimum Gasteiger partial charge on any atom is -0.342 e. The number of nitrogens with one attached hydrogen (secondary N) is 1. The van der Waals surface area contributed by atoms with Gasteiger partial charge in [-0.05, 0) is 54.5 Å². The largest absolute Gasteiger partial charge is 0.342 e. The van der Waals surface area contributed by atoms with Crippen LogP contribution in [0.3, 0.4) is 0 Å². The number of benzene rings is 1. The maximum atomic E-state index is 12.7. The molecular weight excluding hydrogens is 382 g/mol. The van der Waals surface area contributed by atoms with Crippen molar-refractivity contribution in [3.05, 3.63) is 46.1 Å². The molecule has 3 aromatic rings. The average Bonchev–Trinajstić information content (AvgIpc) is 3.30. The Morgan fingerprint density at radius 3 is 3.03 bits per heavy atom. The number of hydrogen-bond acceptors (Lipinski definition) is 6. The van der Waals surface area contributed by atoms with E-state index in [9.17, 15) is 4.79 Å². The Balaban J connectivity index is 1.33. The first-order valence-electron chi connectivity index (χ1n) is 10.2. The number of aromatic nitrogens is 2. The SMILES string of the molecule is O=C([C@H]1CCc2c(sc3ncnc(Nc4ccc5c(c4)C=NC5)c23)C1)N1CCC1. The molecule has 2 aliphatic heterocycles. The molecule has 1 amide bonds. The van der Waals surface area contributed by atoms with E-state index in [0.29, 0.717) is 5.91 Å². The first-order chi connectivity index (χ1) is 14.3. The van der Waals surface area contributed by atoms with Crippen LogP contribution in [0, 0.1) is 5.92 Å². The molecule has 1 N–H and O–H groups in total. The number of thiophene rings is 1. The first kappa shape index (κ1) is 17.1. The Morgan fingerprint density at radius 1 is 1.24 bits per heavy atom. The minimum atomic E-state index is 0.122. The summed E-state index contributed by atoms with van der Waals surface area (Å²) in [6, 6.07) is 6.33. The highest BCUT2D eigenvalue weighted by Crippen LogP contribution is 2.41. The third-order valence-corrected chi connectivity index (χ3v) is 7.43. The van der Waals surface area contributed by atoms with Crippen LogP contribution in [0.5, 0.6) is 0 Å². The molecular formula is C22H21N5OS. The molecule has 0 unspecified atom stereocenters. The van der Waals surface area contributed by atoms with Crippen molar-refractivity contribution < 1.29 is 4.79 Å². The van der Waals surface area contributed by atoms with Crippen molar-refractivity contribution in [2.24, 2.45) is 10.9 Å². The van der Waals surface area contributed by atoms with Gasteiger partial charge in [-0.3, -0.25) is 9.79 Å². The molecule has 1 aliphatic carbocycles. The number of carbonyl (C=O) groups excluding carboxylic acids is 1. The first-order valence-corrected chi connectivity index (χ1v) is 11.0. The van der Waals surface area contributed by atoms with Gasteiger partial charge >= 0.3 is 0 Å². The number of anilines is 2. The zero-order chi connectivity index (χ0) is 19.4. The molecule has 7 heteroatoms. The lowest BCUT2D eigenvalue weighted by atomic mass is 9.86. The Hall–Kier alpha value is -2.80. The monoisotopic (exact) mass is 403 g/mol. The zero-order valence-corrected chi connectivity index (χ0v) is 16.8. The minimum absolute atomic E-state index is 0.122. The van der Waals surface area contributed by atoms with Gasteiger partial charge in [0.1, 0.15) is 17.0 Å². The Morgan fingerprint density at radius 2 is 2.17 bits per heavy atom. The molecule has 29 heavy (non-hydrogen) atoms. The summed E-state index contributed by atoms with van der Waals surface area (Å²) in [6.45, 7) is 2.63. The summed E-state index contributed by atoms with van der Waals surface area (Å²) in [5.74, 6) is 1.31. The smallest absolute Gasteiger partial charge is 0.226 e. The molecule has 1 aromatic carbocycles. The number of aryl methyl sites for hydroxylation is 1. The van der Waals surface area contributed by atoms with Crippen molar-refractivity contribution in [2.45, 2.75) is 32.2 Å². The summed E-state index contributed by atoms with van der Waals surface area (Å²) in [7, 11) is 0. The summed E-state index contributed by atoms with van der Waals surface area (Å²) in [5.41, 5.74) is 4.76. The number of carbonyl (C=O) groups is 1. The van der Waals surface area contributed by atoms with E-state index < -0.39 is 0 Å². The van der Waals surface area contributed by atoms with Crippen molar-refractivity contribution >= 4 is 45.2 Å². The van der Waals surface area contributed by atoms with E-state index in [1.807, 2.05) is 11.1 Å². The van der Waals surface area contributed by atoms with Crippen LogP contribution in [0.2, 0.25) is 0 Å². The maximum absolute atomic E-state index is 12.7. The summed E-state index contributed by atoms with van der Waals surface area (Å²) in [4.78, 5) is 30.4. The topological polar surface area (TPSA) is 70.5 Å². The van der Waals surface area contributed by atoms with Crippen LogP contribution in [-0.4, -0.2) is 40.1 Å². The molecule has 0 radical (unpaired) electrons. The lowest BCUT2D eigenvalue weighted by molar-refractivity contribution is -0.139. The van der Waals surface area contributed by atoms with Gasteiger partial charge in [-0.1, -0.05) is 6.07 Å². The van der Waals surface area contributed by atoms with E-state index in [1.165, 1.54) is 21.6 Å². The van der Waals surface area contributed by atoms with Gasteiger partial charge in [0, 0.05) is 35.8 Å². The predicted octanol–water partition coefficient (Wildman–Crippen LogP) is 3.70. The molecule has 2 aromatic heterocycles. The fourth-order valence-corrected chi connectivity index (χ4v) is 5.79. The molecule has 3 aliphatic rings. The summed E-state index contributed by atoms with van der Waals surface area (Å²) >= 11 is 1.72. The number of amides is 1. The van der Waals surface area contributed by atoms with Crippen molar-refractivity contribution in [3.63, 3.8) is 0 Å². The van der Waals surface area contributed by atoms with Gasteiger partial charge in [0.15, 0.2) is 0 Å². The third kappa shape index (κ3) is 2.83. The maximum Gasteiger partial charge on any atom is 0.226 e. The van der Waals surface area contributed by atoms with Crippen LogP contribution in [0.4, 0.5) is 11.5 Å². The molecule has 0 spiro atoms. The molecule has 1 fully saturated rings. The van der Waals surface area contributed by atoms with Crippen LogP contribution in [0.15, 0.2) is 29.5 Å². The second kappa shape index (κ2) is 6.62. The van der Waals surface area contributed by atoms with Crippen molar-refractivity contribution in [1.29, 1.82) is 0 Å². The number of nitrogens with zero attached hydrogens (tertiary/aromatic N) is 4. The normalized spacial score (nSPS) is 19.7. The molecule has 1 saturated heterocycles. The average molecular weight is 404 g/mol. The third-order valence-electron chi connectivity index (χ3n) is 6.26. The van der Waals surface area contributed by atoms with E-state index in [2.05, 4.69) is 38.5 Å². The highest BCUT2D eigenvalue weighted by atomic mass is 32.1. The van der Waals surface area contributed by atoms with Crippen molar-refractivity contribution in [3.8, 4) is 0 Å². The van der Waals surface area contributed by atoms with Crippen LogP contribution in [0.25, 0.3) is 10.2 Å². The number of hydrogen-bond donors (Lipinski definition) is 1. The molecule has 146 valence electrons. The Kier molecular flexibility index (Phi) is 3.90. The standard InChI is InChI=1S/C22H21N5OS/c28-22(27-6-1-7-27)13-3-5-17-18(9-13)29-21-19(17)20(24-12-25-21)26-16-4-2-14-10-23-11-15(14)8-16/h2,4,8,11-13H,1,3,5-7,9-10H2,(H,24,25,26)/t13-/m0/s1. The summed E-state index contributed by atoms with van der Waals surface area (Å²) in [5, 5.41) is 4.62. The second-order valence-electron chi connectivity index (χ2n) is 8.03. The number of fused-ring (bicyclic) bond motifs is 4. The quantitative estimate of drug-likeness (QED) is 0.724. The number of likely N-dealkylation sites (tertiary alicyclic amines) is 1. The highest BCUT2D eigenvalue weighted by Gasteiger charge is 2.33. The van der Waals surface area contributed by atoms with Crippen LogP contribution < -0.4 is 5.32 Å². The molecule has 6 rings (SSSR count). The van der Waals surface area contributed by atoms with Crippen LogP contribution in [0.1, 0.15) is 34.4 Å². The highest BCUT2D eigenvalue weighted by molar-refractivity contribution is 7.19. The fraction of sp³-hybridized carbons (Fsp3) is 0.364. The van der Waals surface area contributed by atoms with E-state index in [1.54, 1.807) is 17.7 Å². The Labute approximate surface area is 172 Å². The van der Waals surface area contributed by atoms with E-state index in [4.69, 9.17) is 0 Å². The van der Waals surface area contributed by atoms with Crippen molar-refractivity contribution in [2.75, 3.05) is 18.4 Å². The van der Waals surface area contributed by atoms with Gasteiger partial charge < -0.3 is 10.2 Å². The number of aliphatic imine (C=N–C) groups is 1. The summed E-state index contributed by atoms with van der Waals surface area (Å²) in [6.07, 6.45) is 7.37. The van der Waals surface area contributed by atoms with Crippen LogP contribution in [-0.2, 0) is 24.2 Å². The second-order valence-corrected chi connectivity index (χ2v) is 9.12. The van der Waals surface area contributed by atoms with Gasteiger partial charge in [-0.25, -0.2) is 9.97 Å². The van der Waals surface area contributed by atoms with E-state index in [0.717, 1.165) is 67.0 Å². The molecule has 0 bridgehead atoms. The lowest BCUT2D eigenvalue weighted by Crippen LogP contribution is -2.46. The summed E-state index contributed by atoms with van der Waals surface area (Å²) < 4.78 is 0. The van der Waals surface area contributed by atoms with E-state index in [-0.39, 0.29) is 5.92 Å². The Bertz CT molecular complexity index is 1160. The molecule has 6 nitrogen and oxygen atoms in total. The zero-order valence-electron chi connectivity index (χ0n) is 16.0. The van der Waals surface area contributed by atoms with Gasteiger partial charge in [0.25, 0.3) is 0 Å². The lowest BCUT2D eigenvalue weighted by Gasteiger charge is -2.35. The van der Waals surface area contributed by atoms with E-state index >= 15 is 0 Å². The van der Waals surface area contributed by atoms with Gasteiger partial charge in [0.2, 0.25) is 5.91 Å². The van der Waals surface area contributed by atoms with Gasteiger partial charge in [-0.2, -0.15) is 0 Å². The van der Waals surface area contributed by atoms with Gasteiger partial charge in [-0.15, -0.1) is 11.3 Å². The number of rotatable bonds is 3. The fourth-order valence-electron chi connectivity index (χ4n) is 4.53. The molecule has 0 saturated carbocycles. The van der Waals surface area contributed by atoms with Gasteiger partial charge in [0.05, 0.1) is 11.9 Å². The van der Waals surface area contributed by atoms with Crippen molar-refractivity contribution in [1.82, 2.24) is 14.9 Å². The molecule has 4 heterocycles. The predicted molar refractivity (Wildman–Crippen MR) is 115 cm³/mol. The van der Waals surface area contributed by atoms with Crippen LogP contribution >= 0.6 is 11.3 Å². The molecule has 1 atom stereocenters.